The normalized spacial score (nSPS) is 19.9. The van der Waals surface area contributed by atoms with Crippen molar-refractivity contribution >= 4 is 5.96 Å². The van der Waals surface area contributed by atoms with Gasteiger partial charge in [0.2, 0.25) is 0 Å². The van der Waals surface area contributed by atoms with Crippen molar-refractivity contribution in [3.8, 4) is 0 Å². The van der Waals surface area contributed by atoms with Crippen molar-refractivity contribution in [3.05, 3.63) is 30.1 Å². The highest BCUT2D eigenvalue weighted by Gasteiger charge is 2.17. The molecule has 0 spiro atoms. The van der Waals surface area contributed by atoms with Gasteiger partial charge < -0.3 is 10.6 Å². The third kappa shape index (κ3) is 5.64. The van der Waals surface area contributed by atoms with Crippen LogP contribution in [-0.2, 0) is 6.54 Å². The Bertz CT molecular complexity index is 446. The third-order valence-electron chi connectivity index (χ3n) is 4.10. The number of rotatable bonds is 6. The van der Waals surface area contributed by atoms with E-state index >= 15 is 0 Å². The molecule has 1 fully saturated rings. The Hall–Kier alpha value is -1.62. The molecule has 0 saturated carbocycles. The van der Waals surface area contributed by atoms with Gasteiger partial charge in [-0.3, -0.25) is 9.88 Å². The van der Waals surface area contributed by atoms with Crippen LogP contribution in [0.3, 0.4) is 0 Å². The maximum atomic E-state index is 4.60. The molecule has 1 aliphatic rings. The third-order valence-corrected chi connectivity index (χ3v) is 4.10. The molecule has 0 radical (unpaired) electrons. The molecule has 2 heterocycles. The first-order valence-corrected chi connectivity index (χ1v) is 8.45. The molecule has 2 N–H and O–H groups in total. The van der Waals surface area contributed by atoms with Gasteiger partial charge in [0.15, 0.2) is 5.96 Å². The summed E-state index contributed by atoms with van der Waals surface area (Å²) in [5.41, 5.74) is 0.990. The number of guanidine groups is 1. The maximum absolute atomic E-state index is 4.60. The zero-order chi connectivity index (χ0) is 15.6. The Kier molecular flexibility index (Phi) is 7.16. The molecule has 5 nitrogen and oxygen atoms in total. The fourth-order valence-corrected chi connectivity index (χ4v) is 2.80. The quantitative estimate of drug-likeness (QED) is 0.623. The number of nitrogens with one attached hydrogen (secondary N) is 2. The van der Waals surface area contributed by atoms with Crippen molar-refractivity contribution < 1.29 is 0 Å². The van der Waals surface area contributed by atoms with Crippen LogP contribution in [-0.4, -0.2) is 48.1 Å². The largest absolute Gasteiger partial charge is 0.357 e. The summed E-state index contributed by atoms with van der Waals surface area (Å²) in [6, 6.07) is 6.64. The van der Waals surface area contributed by atoms with Crippen LogP contribution in [0.1, 0.15) is 38.8 Å². The summed E-state index contributed by atoms with van der Waals surface area (Å²) in [7, 11) is 0. The van der Waals surface area contributed by atoms with Crippen molar-refractivity contribution in [2.45, 2.75) is 45.7 Å². The molecule has 1 aliphatic heterocycles. The number of hydrogen-bond donors (Lipinski definition) is 2. The van der Waals surface area contributed by atoms with E-state index in [1.165, 1.54) is 25.8 Å². The second-order valence-corrected chi connectivity index (χ2v) is 5.82. The van der Waals surface area contributed by atoms with E-state index in [0.29, 0.717) is 12.6 Å². The lowest BCUT2D eigenvalue weighted by atomic mass is 10.0. The summed E-state index contributed by atoms with van der Waals surface area (Å²) in [4.78, 5) is 11.5. The molecule has 1 atom stereocenters. The Balaban J connectivity index is 1.78. The second-order valence-electron chi connectivity index (χ2n) is 5.82. The number of hydrogen-bond acceptors (Lipinski definition) is 3. The fraction of sp³-hybridized carbons (Fsp3) is 0.647. The van der Waals surface area contributed by atoms with Crippen molar-refractivity contribution in [2.24, 2.45) is 4.99 Å². The first-order valence-electron chi connectivity index (χ1n) is 8.45. The van der Waals surface area contributed by atoms with E-state index < -0.39 is 0 Å². The van der Waals surface area contributed by atoms with Crippen LogP contribution in [0, 0.1) is 0 Å². The number of aliphatic imine (C=N–C) groups is 1. The Morgan fingerprint density at radius 1 is 1.36 bits per heavy atom. The van der Waals surface area contributed by atoms with E-state index in [-0.39, 0.29) is 0 Å². The zero-order valence-corrected chi connectivity index (χ0v) is 13.9. The maximum Gasteiger partial charge on any atom is 0.191 e. The molecular weight excluding hydrogens is 274 g/mol. The van der Waals surface area contributed by atoms with Gasteiger partial charge in [0.25, 0.3) is 0 Å². The Labute approximate surface area is 134 Å². The SMILES string of the molecule is CCNC(=NCc1ccccn1)NCCN1CCCCC1C. The summed E-state index contributed by atoms with van der Waals surface area (Å²) in [5.74, 6) is 0.873. The molecule has 0 bridgehead atoms. The smallest absolute Gasteiger partial charge is 0.191 e. The van der Waals surface area contributed by atoms with Gasteiger partial charge in [-0.1, -0.05) is 12.5 Å². The molecule has 22 heavy (non-hydrogen) atoms. The van der Waals surface area contributed by atoms with Gasteiger partial charge in [-0.15, -0.1) is 0 Å². The van der Waals surface area contributed by atoms with E-state index in [2.05, 4.69) is 39.4 Å². The van der Waals surface area contributed by atoms with E-state index in [9.17, 15) is 0 Å². The Morgan fingerprint density at radius 3 is 3.00 bits per heavy atom. The number of likely N-dealkylation sites (tertiary alicyclic amines) is 1. The molecule has 0 amide bonds. The van der Waals surface area contributed by atoms with E-state index in [0.717, 1.165) is 31.3 Å². The number of pyridine rings is 1. The van der Waals surface area contributed by atoms with Gasteiger partial charge in [-0.25, -0.2) is 4.99 Å². The highest BCUT2D eigenvalue weighted by Crippen LogP contribution is 2.15. The minimum atomic E-state index is 0.607. The highest BCUT2D eigenvalue weighted by atomic mass is 15.2. The molecule has 1 aromatic heterocycles. The summed E-state index contributed by atoms with van der Waals surface area (Å²) < 4.78 is 0. The summed E-state index contributed by atoms with van der Waals surface area (Å²) >= 11 is 0. The van der Waals surface area contributed by atoms with Crippen LogP contribution < -0.4 is 10.6 Å². The number of aromatic nitrogens is 1. The minimum Gasteiger partial charge on any atom is -0.357 e. The molecule has 0 aromatic carbocycles. The number of piperidine rings is 1. The summed E-state index contributed by atoms with van der Waals surface area (Å²) in [5, 5.41) is 6.72. The molecule has 1 aromatic rings. The molecule has 2 rings (SSSR count). The lowest BCUT2D eigenvalue weighted by Crippen LogP contribution is -2.45. The van der Waals surface area contributed by atoms with Crippen LogP contribution in [0.25, 0.3) is 0 Å². The molecular formula is C17H29N5. The van der Waals surface area contributed by atoms with Crippen molar-refractivity contribution in [3.63, 3.8) is 0 Å². The fourth-order valence-electron chi connectivity index (χ4n) is 2.80. The van der Waals surface area contributed by atoms with E-state index in [1.54, 1.807) is 0 Å². The standard InChI is InChI=1S/C17H29N5/c1-3-18-17(21-14-16-9-4-6-10-19-16)20-11-13-22-12-7-5-8-15(22)2/h4,6,9-10,15H,3,5,7-8,11-14H2,1-2H3,(H2,18,20,21). The predicted molar refractivity (Wildman–Crippen MR) is 91.9 cm³/mol. The van der Waals surface area contributed by atoms with Crippen LogP contribution in [0.4, 0.5) is 0 Å². The highest BCUT2D eigenvalue weighted by molar-refractivity contribution is 5.79. The summed E-state index contributed by atoms with van der Waals surface area (Å²) in [6.45, 7) is 9.13. The van der Waals surface area contributed by atoms with Gasteiger partial charge in [-0.2, -0.15) is 0 Å². The van der Waals surface area contributed by atoms with E-state index in [1.807, 2.05) is 24.4 Å². The Morgan fingerprint density at radius 2 is 2.27 bits per heavy atom. The molecule has 0 aliphatic carbocycles. The molecule has 1 unspecified atom stereocenters. The van der Waals surface area contributed by atoms with Gasteiger partial charge in [0.1, 0.15) is 0 Å². The summed E-state index contributed by atoms with van der Waals surface area (Å²) in [6.07, 6.45) is 5.84. The van der Waals surface area contributed by atoms with Crippen molar-refractivity contribution in [1.29, 1.82) is 0 Å². The number of nitrogens with zero attached hydrogens (tertiary/aromatic N) is 3. The first kappa shape index (κ1) is 16.7. The van der Waals surface area contributed by atoms with Crippen molar-refractivity contribution in [1.82, 2.24) is 20.5 Å². The molecule has 122 valence electrons. The topological polar surface area (TPSA) is 52.6 Å². The average Bonchev–Trinajstić information content (AvgIpc) is 2.55. The second kappa shape index (κ2) is 9.41. The van der Waals surface area contributed by atoms with Crippen LogP contribution >= 0.6 is 0 Å². The molecule has 1 saturated heterocycles. The van der Waals surface area contributed by atoms with Crippen LogP contribution in [0.5, 0.6) is 0 Å². The van der Waals surface area contributed by atoms with Gasteiger partial charge in [-0.05, 0) is 45.4 Å². The van der Waals surface area contributed by atoms with Crippen LogP contribution in [0.2, 0.25) is 0 Å². The zero-order valence-electron chi connectivity index (χ0n) is 13.9. The molecule has 5 heteroatoms. The van der Waals surface area contributed by atoms with Gasteiger partial charge >= 0.3 is 0 Å². The monoisotopic (exact) mass is 303 g/mol. The van der Waals surface area contributed by atoms with E-state index in [4.69, 9.17) is 0 Å². The first-order chi connectivity index (χ1) is 10.8. The van der Waals surface area contributed by atoms with Crippen LogP contribution in [0.15, 0.2) is 29.4 Å². The predicted octanol–water partition coefficient (Wildman–Crippen LogP) is 2.01. The lowest BCUT2D eigenvalue weighted by Gasteiger charge is -2.33. The van der Waals surface area contributed by atoms with Gasteiger partial charge in [0, 0.05) is 31.9 Å². The lowest BCUT2D eigenvalue weighted by molar-refractivity contribution is 0.163. The van der Waals surface area contributed by atoms with Crippen molar-refractivity contribution in [2.75, 3.05) is 26.2 Å². The average molecular weight is 303 g/mol. The van der Waals surface area contributed by atoms with Gasteiger partial charge in [0.05, 0.1) is 12.2 Å². The minimum absolute atomic E-state index is 0.607.